The molecule has 0 aromatic rings. The molecule has 0 radical (unpaired) electrons. The number of aliphatic hydroxyl groups is 2. The van der Waals surface area contributed by atoms with Crippen molar-refractivity contribution >= 4 is 0 Å². The van der Waals surface area contributed by atoms with Gasteiger partial charge in [0.15, 0.2) is 0 Å². The number of aliphatic hydroxyl groups excluding tert-OH is 2. The van der Waals surface area contributed by atoms with Gasteiger partial charge in [0.2, 0.25) is 6.30 Å². The minimum Gasteiger partial charge on any atom is -0.394 e. The number of alkyl halides is 1. The van der Waals surface area contributed by atoms with Gasteiger partial charge in [0.1, 0.15) is 0 Å². The maximum Gasteiger partial charge on any atom is 0.202 e. The quantitative estimate of drug-likeness (QED) is 0.422. The van der Waals surface area contributed by atoms with Gasteiger partial charge in [-0.15, -0.1) is 0 Å². The molecule has 0 amide bonds. The topological polar surface area (TPSA) is 62.2 Å². The lowest BCUT2D eigenvalue weighted by Crippen LogP contribution is -2.34. The fourth-order valence-electron chi connectivity index (χ4n) is 0.804. The summed E-state index contributed by atoms with van der Waals surface area (Å²) >= 11 is 0. The minimum absolute atomic E-state index is 0.0322. The lowest BCUT2D eigenvalue weighted by Gasteiger charge is -2.23. The molecule has 2 N–H and O–H groups in total. The van der Waals surface area contributed by atoms with Crippen molar-refractivity contribution in [2.45, 2.75) is 26.1 Å². The molecule has 6 heteroatoms. The van der Waals surface area contributed by atoms with Gasteiger partial charge in [-0.2, -0.15) is 0 Å². The third-order valence-corrected chi connectivity index (χ3v) is 1.38. The summed E-state index contributed by atoms with van der Waals surface area (Å²) in [4.78, 5) is 9.57. The van der Waals surface area contributed by atoms with Crippen molar-refractivity contribution in [3.05, 3.63) is 0 Å². The molecule has 0 aliphatic carbocycles. The number of nitrogens with zero attached hydrogens (tertiary/aromatic N) is 1. The molecule has 0 aliphatic heterocycles. The second-order valence-corrected chi connectivity index (χ2v) is 2.62. The van der Waals surface area contributed by atoms with Crippen LogP contribution in [-0.2, 0) is 9.68 Å². The monoisotopic (exact) mass is 211 g/mol. The predicted molar refractivity (Wildman–Crippen MR) is 47.7 cm³/mol. The predicted octanol–water partition coefficient (Wildman–Crippen LogP) is 0.232. The molecule has 86 valence electrons. The van der Waals surface area contributed by atoms with E-state index in [-0.39, 0.29) is 32.8 Å². The van der Waals surface area contributed by atoms with Crippen LogP contribution >= 0.6 is 0 Å². The van der Waals surface area contributed by atoms with Crippen molar-refractivity contribution in [2.75, 3.05) is 26.4 Å². The molecule has 0 aliphatic rings. The maximum absolute atomic E-state index is 13.2. The molecule has 0 bridgehead atoms. The average molecular weight is 211 g/mol. The number of halogens is 1. The van der Waals surface area contributed by atoms with E-state index < -0.39 is 6.30 Å². The standard InChI is InChI=1S/C8H18FNO4/c1-2-3-8(9)10(13-6-4-11)14-7-5-12/h8,11-12H,2-7H2,1H3. The second-order valence-electron chi connectivity index (χ2n) is 2.62. The Morgan fingerprint density at radius 3 is 2.07 bits per heavy atom. The smallest absolute Gasteiger partial charge is 0.202 e. The van der Waals surface area contributed by atoms with Gasteiger partial charge in [-0.05, 0) is 11.6 Å². The van der Waals surface area contributed by atoms with Gasteiger partial charge in [-0.1, -0.05) is 13.3 Å². The van der Waals surface area contributed by atoms with Gasteiger partial charge in [-0.3, -0.25) is 9.68 Å². The van der Waals surface area contributed by atoms with Crippen LogP contribution < -0.4 is 0 Å². The fraction of sp³-hybridized carbons (Fsp3) is 1.00. The van der Waals surface area contributed by atoms with Crippen molar-refractivity contribution in [3.8, 4) is 0 Å². The molecule has 0 spiro atoms. The summed E-state index contributed by atoms with van der Waals surface area (Å²) < 4.78 is 13.2. The van der Waals surface area contributed by atoms with Crippen molar-refractivity contribution in [3.63, 3.8) is 0 Å². The first-order valence-corrected chi connectivity index (χ1v) is 4.67. The molecular weight excluding hydrogens is 193 g/mol. The summed E-state index contributed by atoms with van der Waals surface area (Å²) in [5.41, 5.74) is 0. The Morgan fingerprint density at radius 2 is 1.71 bits per heavy atom. The van der Waals surface area contributed by atoms with E-state index in [2.05, 4.69) is 0 Å². The van der Waals surface area contributed by atoms with Crippen LogP contribution in [-0.4, -0.2) is 48.2 Å². The van der Waals surface area contributed by atoms with Crippen molar-refractivity contribution in [1.82, 2.24) is 5.23 Å². The van der Waals surface area contributed by atoms with Gasteiger partial charge in [-0.25, -0.2) is 4.39 Å². The van der Waals surface area contributed by atoms with E-state index in [9.17, 15) is 4.39 Å². The number of rotatable bonds is 9. The molecule has 1 unspecified atom stereocenters. The zero-order valence-corrected chi connectivity index (χ0v) is 8.36. The van der Waals surface area contributed by atoms with Crippen LogP contribution in [0.15, 0.2) is 0 Å². The second kappa shape index (κ2) is 9.29. The molecule has 1 atom stereocenters. The largest absolute Gasteiger partial charge is 0.394 e. The molecule has 0 fully saturated rings. The maximum atomic E-state index is 13.2. The summed E-state index contributed by atoms with van der Waals surface area (Å²) in [6.07, 6.45) is -0.447. The summed E-state index contributed by atoms with van der Waals surface area (Å²) in [6, 6.07) is 0. The lowest BCUT2D eigenvalue weighted by molar-refractivity contribution is -0.409. The average Bonchev–Trinajstić information content (AvgIpc) is 2.18. The highest BCUT2D eigenvalue weighted by molar-refractivity contribution is 4.44. The SMILES string of the molecule is CCCC(F)N(OCCO)OCCO. The lowest BCUT2D eigenvalue weighted by atomic mass is 10.3. The van der Waals surface area contributed by atoms with Gasteiger partial charge in [0.25, 0.3) is 0 Å². The normalized spacial score (nSPS) is 13.5. The van der Waals surface area contributed by atoms with Crippen LogP contribution in [0.5, 0.6) is 0 Å². The number of hydrogen-bond donors (Lipinski definition) is 2. The van der Waals surface area contributed by atoms with Crippen LogP contribution in [0.2, 0.25) is 0 Å². The van der Waals surface area contributed by atoms with Crippen molar-refractivity contribution < 1.29 is 24.3 Å². The van der Waals surface area contributed by atoms with E-state index in [4.69, 9.17) is 19.9 Å². The highest BCUT2D eigenvalue weighted by Crippen LogP contribution is 2.09. The van der Waals surface area contributed by atoms with Crippen LogP contribution in [0, 0.1) is 0 Å². The fourth-order valence-corrected chi connectivity index (χ4v) is 0.804. The van der Waals surface area contributed by atoms with Crippen LogP contribution in [0.4, 0.5) is 4.39 Å². The Bertz CT molecular complexity index is 120. The first-order valence-electron chi connectivity index (χ1n) is 4.67. The Morgan fingerprint density at radius 1 is 1.21 bits per heavy atom. The molecule has 0 saturated carbocycles. The van der Waals surface area contributed by atoms with E-state index in [1.54, 1.807) is 0 Å². The third kappa shape index (κ3) is 6.22. The Labute approximate surface area is 82.9 Å². The summed E-state index contributed by atoms with van der Waals surface area (Å²) in [5, 5.41) is 17.6. The Hall–Kier alpha value is -0.270. The first-order chi connectivity index (χ1) is 6.76. The van der Waals surface area contributed by atoms with Crippen LogP contribution in [0.25, 0.3) is 0 Å². The first kappa shape index (κ1) is 13.7. The molecule has 0 saturated heterocycles. The van der Waals surface area contributed by atoms with E-state index in [1.165, 1.54) is 0 Å². The summed E-state index contributed by atoms with van der Waals surface area (Å²) in [6.45, 7) is 1.35. The van der Waals surface area contributed by atoms with Crippen LogP contribution in [0.3, 0.4) is 0 Å². The van der Waals surface area contributed by atoms with Gasteiger partial charge < -0.3 is 10.2 Å². The van der Waals surface area contributed by atoms with Crippen molar-refractivity contribution in [2.24, 2.45) is 0 Å². The molecular formula is C8H18FNO4. The van der Waals surface area contributed by atoms with Crippen LogP contribution in [0.1, 0.15) is 19.8 Å². The van der Waals surface area contributed by atoms with Gasteiger partial charge >= 0.3 is 0 Å². The van der Waals surface area contributed by atoms with E-state index in [1.807, 2.05) is 6.92 Å². The zero-order valence-electron chi connectivity index (χ0n) is 8.36. The highest BCUT2D eigenvalue weighted by atomic mass is 19.1. The zero-order chi connectivity index (χ0) is 10.8. The summed E-state index contributed by atoms with van der Waals surface area (Å²) in [5.74, 6) is 0. The van der Waals surface area contributed by atoms with Gasteiger partial charge in [0, 0.05) is 0 Å². The molecule has 0 aromatic heterocycles. The van der Waals surface area contributed by atoms with Gasteiger partial charge in [0.05, 0.1) is 26.4 Å². The molecule has 0 heterocycles. The Balaban J connectivity index is 3.81. The third-order valence-electron chi connectivity index (χ3n) is 1.38. The molecule has 0 aromatic carbocycles. The minimum atomic E-state index is -1.38. The van der Waals surface area contributed by atoms with Crippen molar-refractivity contribution in [1.29, 1.82) is 0 Å². The van der Waals surface area contributed by atoms with E-state index in [0.717, 1.165) is 0 Å². The Kier molecular flexibility index (Phi) is 9.11. The number of hydroxylamine groups is 2. The summed E-state index contributed by atoms with van der Waals surface area (Å²) in [7, 11) is 0. The molecule has 0 rings (SSSR count). The van der Waals surface area contributed by atoms with E-state index in [0.29, 0.717) is 11.6 Å². The number of hydrogen-bond acceptors (Lipinski definition) is 5. The molecule has 5 nitrogen and oxygen atoms in total. The molecule has 14 heavy (non-hydrogen) atoms. The van der Waals surface area contributed by atoms with E-state index >= 15 is 0 Å². The highest BCUT2D eigenvalue weighted by Gasteiger charge is 2.18.